The first-order chi connectivity index (χ1) is 10.7. The van der Waals surface area contributed by atoms with E-state index < -0.39 is 0 Å². The molecule has 2 heteroatoms. The van der Waals surface area contributed by atoms with Crippen LogP contribution in [0.15, 0.2) is 53.7 Å². The van der Waals surface area contributed by atoms with Gasteiger partial charge in [0.05, 0.1) is 0 Å². The molecule has 0 unspecified atom stereocenters. The Hall–Kier alpha value is -2.09. The number of rotatable bonds is 6. The number of hydrogen-bond donors (Lipinski definition) is 0. The predicted molar refractivity (Wildman–Crippen MR) is 104 cm³/mol. The predicted octanol–water partition coefficient (Wildman–Crippen LogP) is 5.89. The first kappa shape index (κ1) is 19.0. The fraction of sp³-hybridized carbons (Fsp3) is 0.381. The summed E-state index contributed by atoms with van der Waals surface area (Å²) in [6, 6.07) is 4.47. The molecule has 0 aliphatic carbocycles. The molecule has 1 rings (SSSR count). The molecule has 0 fully saturated rings. The standard InChI is InChI=1S/C21H30N2/c1-10-11-23(20-13-17(7)16(6)12-18(20)8)21(22-15(4)5)19(9)14(2)3/h12-13H,2,4,9-11H2,1,3,5-8H3. The topological polar surface area (TPSA) is 15.6 Å². The van der Waals surface area contributed by atoms with Crippen molar-refractivity contribution in [2.75, 3.05) is 11.4 Å². The lowest BCUT2D eigenvalue weighted by molar-refractivity contribution is 0.896. The summed E-state index contributed by atoms with van der Waals surface area (Å²) in [7, 11) is 0. The molecule has 0 spiro atoms. The lowest BCUT2D eigenvalue weighted by atomic mass is 10.0. The van der Waals surface area contributed by atoms with E-state index in [4.69, 9.17) is 0 Å². The minimum absolute atomic E-state index is 0.769. The smallest absolute Gasteiger partial charge is 0.140 e. The quantitative estimate of drug-likeness (QED) is 0.363. The second-order valence-electron chi connectivity index (χ2n) is 6.30. The van der Waals surface area contributed by atoms with Crippen LogP contribution < -0.4 is 4.90 Å². The van der Waals surface area contributed by atoms with Crippen molar-refractivity contribution in [2.45, 2.75) is 48.0 Å². The summed E-state index contributed by atoms with van der Waals surface area (Å²) in [6.07, 6.45) is 1.02. The first-order valence-corrected chi connectivity index (χ1v) is 8.13. The molecule has 0 N–H and O–H groups in total. The monoisotopic (exact) mass is 310 g/mol. The molecule has 0 bridgehead atoms. The third kappa shape index (κ3) is 4.69. The molecule has 2 nitrogen and oxygen atoms in total. The molecular weight excluding hydrogens is 280 g/mol. The van der Waals surface area contributed by atoms with Gasteiger partial charge in [-0.1, -0.05) is 32.7 Å². The van der Waals surface area contributed by atoms with Gasteiger partial charge >= 0.3 is 0 Å². The highest BCUT2D eigenvalue weighted by Crippen LogP contribution is 2.27. The van der Waals surface area contributed by atoms with Gasteiger partial charge in [0.2, 0.25) is 0 Å². The summed E-state index contributed by atoms with van der Waals surface area (Å²) >= 11 is 0. The Labute approximate surface area is 141 Å². The van der Waals surface area contributed by atoms with Crippen LogP contribution in [0.2, 0.25) is 0 Å². The molecule has 0 heterocycles. The molecule has 0 saturated heterocycles. The van der Waals surface area contributed by atoms with E-state index in [0.29, 0.717) is 0 Å². The van der Waals surface area contributed by atoms with E-state index in [1.165, 1.54) is 22.4 Å². The van der Waals surface area contributed by atoms with Gasteiger partial charge in [-0.15, -0.1) is 0 Å². The maximum Gasteiger partial charge on any atom is 0.140 e. The van der Waals surface area contributed by atoms with Crippen molar-refractivity contribution in [3.8, 4) is 0 Å². The summed E-state index contributed by atoms with van der Waals surface area (Å²) in [5, 5.41) is 0. The molecule has 0 aliphatic heterocycles. The molecule has 1 aromatic carbocycles. The zero-order valence-corrected chi connectivity index (χ0v) is 15.6. The first-order valence-electron chi connectivity index (χ1n) is 8.13. The third-order valence-corrected chi connectivity index (χ3v) is 3.89. The lowest BCUT2D eigenvalue weighted by Crippen LogP contribution is -2.34. The Balaban J connectivity index is 3.54. The van der Waals surface area contributed by atoms with Crippen LogP contribution in [0, 0.1) is 20.8 Å². The minimum Gasteiger partial charge on any atom is -0.326 e. The number of anilines is 1. The van der Waals surface area contributed by atoms with Crippen molar-refractivity contribution in [3.05, 3.63) is 65.4 Å². The molecule has 0 radical (unpaired) electrons. The third-order valence-electron chi connectivity index (χ3n) is 3.89. The number of aliphatic imine (C=N–C) groups is 1. The molecule has 0 aromatic heterocycles. The van der Waals surface area contributed by atoms with Gasteiger partial charge in [0.15, 0.2) is 0 Å². The summed E-state index contributed by atoms with van der Waals surface area (Å²) in [6.45, 7) is 25.5. The number of allylic oxidation sites excluding steroid dienone is 1. The van der Waals surface area contributed by atoms with E-state index >= 15 is 0 Å². The molecule has 0 amide bonds. The van der Waals surface area contributed by atoms with Crippen LogP contribution in [-0.2, 0) is 0 Å². The lowest BCUT2D eigenvalue weighted by Gasteiger charge is -2.29. The summed E-state index contributed by atoms with van der Waals surface area (Å²) in [5.41, 5.74) is 7.56. The van der Waals surface area contributed by atoms with Crippen molar-refractivity contribution in [2.24, 2.45) is 4.99 Å². The van der Waals surface area contributed by atoms with E-state index in [9.17, 15) is 0 Å². The van der Waals surface area contributed by atoms with Crippen molar-refractivity contribution in [1.82, 2.24) is 0 Å². The molecule has 23 heavy (non-hydrogen) atoms. The number of hydrogen-bond acceptors (Lipinski definition) is 1. The summed E-state index contributed by atoms with van der Waals surface area (Å²) in [5.74, 6) is 0.846. The average Bonchev–Trinajstić information content (AvgIpc) is 2.45. The van der Waals surface area contributed by atoms with Crippen molar-refractivity contribution < 1.29 is 0 Å². The normalized spacial score (nSPS) is 11.3. The zero-order valence-electron chi connectivity index (χ0n) is 15.6. The fourth-order valence-corrected chi connectivity index (χ4v) is 2.46. The second kappa shape index (κ2) is 7.96. The van der Waals surface area contributed by atoms with Crippen LogP contribution in [-0.4, -0.2) is 12.4 Å². The van der Waals surface area contributed by atoms with Crippen LogP contribution >= 0.6 is 0 Å². The average molecular weight is 310 g/mol. The molecular formula is C21H30N2. The van der Waals surface area contributed by atoms with Crippen LogP contribution in [0.5, 0.6) is 0 Å². The second-order valence-corrected chi connectivity index (χ2v) is 6.30. The molecule has 1 aromatic rings. The Bertz CT molecular complexity index is 663. The highest BCUT2D eigenvalue weighted by Gasteiger charge is 2.19. The maximum atomic E-state index is 4.67. The minimum atomic E-state index is 0.769. The highest BCUT2D eigenvalue weighted by molar-refractivity contribution is 6.12. The number of aryl methyl sites for hydroxylation is 3. The van der Waals surface area contributed by atoms with Gasteiger partial charge in [0, 0.05) is 23.5 Å². The Morgan fingerprint density at radius 1 is 1.00 bits per heavy atom. The van der Waals surface area contributed by atoms with Gasteiger partial charge in [-0.3, -0.25) is 0 Å². The van der Waals surface area contributed by atoms with E-state index in [1.807, 2.05) is 13.8 Å². The zero-order chi connectivity index (χ0) is 17.7. The van der Waals surface area contributed by atoms with E-state index in [-0.39, 0.29) is 0 Å². The van der Waals surface area contributed by atoms with Crippen molar-refractivity contribution in [3.63, 3.8) is 0 Å². The number of benzene rings is 1. The van der Waals surface area contributed by atoms with Gasteiger partial charge in [0.25, 0.3) is 0 Å². The Morgan fingerprint density at radius 2 is 1.57 bits per heavy atom. The number of amidine groups is 1. The van der Waals surface area contributed by atoms with E-state index in [0.717, 1.165) is 35.6 Å². The molecule has 0 saturated carbocycles. The molecule has 0 atom stereocenters. The SMILES string of the molecule is C=C(C)N=C(C(=C)C(=C)C)N(CCC)c1cc(C)c(C)cc1C. The van der Waals surface area contributed by atoms with Gasteiger partial charge in [-0.2, -0.15) is 0 Å². The van der Waals surface area contributed by atoms with Crippen LogP contribution in [0.4, 0.5) is 5.69 Å². The summed E-state index contributed by atoms with van der Waals surface area (Å²) in [4.78, 5) is 6.92. The maximum absolute atomic E-state index is 4.67. The Kier molecular flexibility index (Phi) is 6.56. The number of nitrogens with zero attached hydrogens (tertiary/aromatic N) is 2. The van der Waals surface area contributed by atoms with E-state index in [2.05, 4.69) is 69.5 Å². The molecule has 0 aliphatic rings. The van der Waals surface area contributed by atoms with Gasteiger partial charge < -0.3 is 4.90 Å². The van der Waals surface area contributed by atoms with Gasteiger partial charge in [0.1, 0.15) is 5.84 Å². The molecule has 124 valence electrons. The van der Waals surface area contributed by atoms with Crippen LogP contribution in [0.1, 0.15) is 43.9 Å². The fourth-order valence-electron chi connectivity index (χ4n) is 2.46. The summed E-state index contributed by atoms with van der Waals surface area (Å²) < 4.78 is 0. The van der Waals surface area contributed by atoms with Gasteiger partial charge in [-0.25, -0.2) is 4.99 Å². The van der Waals surface area contributed by atoms with Crippen molar-refractivity contribution in [1.29, 1.82) is 0 Å². The largest absolute Gasteiger partial charge is 0.326 e. The van der Waals surface area contributed by atoms with Gasteiger partial charge in [-0.05, 0) is 69.4 Å². The Morgan fingerprint density at radius 3 is 2.04 bits per heavy atom. The van der Waals surface area contributed by atoms with E-state index in [1.54, 1.807) is 0 Å². The van der Waals surface area contributed by atoms with Crippen LogP contribution in [0.3, 0.4) is 0 Å². The highest BCUT2D eigenvalue weighted by atomic mass is 15.2. The van der Waals surface area contributed by atoms with Crippen molar-refractivity contribution >= 4 is 11.5 Å². The van der Waals surface area contributed by atoms with Crippen LogP contribution in [0.25, 0.3) is 0 Å².